The average molecular weight is 250 g/mol. The van der Waals surface area contributed by atoms with Gasteiger partial charge in [-0.2, -0.15) is 0 Å². The molecule has 3 heteroatoms. The number of hydrogen-bond acceptors (Lipinski definition) is 2. The summed E-state index contributed by atoms with van der Waals surface area (Å²) in [7, 11) is 4.15. The van der Waals surface area contributed by atoms with Gasteiger partial charge in [-0.1, -0.05) is 12.1 Å². The van der Waals surface area contributed by atoms with Gasteiger partial charge in [0.05, 0.1) is 0 Å². The quantitative estimate of drug-likeness (QED) is 0.886. The third kappa shape index (κ3) is 2.90. The van der Waals surface area contributed by atoms with E-state index >= 15 is 0 Å². The smallest absolute Gasteiger partial charge is 0.123 e. The molecule has 0 bridgehead atoms. The summed E-state index contributed by atoms with van der Waals surface area (Å²) in [5.74, 6) is -0.124. The molecule has 0 spiro atoms. The van der Waals surface area contributed by atoms with E-state index in [4.69, 9.17) is 0 Å². The predicted molar refractivity (Wildman–Crippen MR) is 73.4 cm³/mol. The first-order valence-corrected chi connectivity index (χ1v) is 6.75. The van der Waals surface area contributed by atoms with E-state index in [0.29, 0.717) is 0 Å². The minimum Gasteiger partial charge on any atom is -0.319 e. The molecule has 1 saturated heterocycles. The zero-order valence-corrected chi connectivity index (χ0v) is 11.4. The standard InChI is InChI=1S/C15H23FN2/c1-17-12-15(7-4-9-18(2)10-8-15)13-5-3-6-14(16)11-13/h3,5-6,11,17H,4,7-10,12H2,1-2H3. The van der Waals surface area contributed by atoms with E-state index in [0.717, 1.165) is 38.0 Å². The topological polar surface area (TPSA) is 15.3 Å². The Morgan fingerprint density at radius 2 is 2.17 bits per heavy atom. The first kappa shape index (κ1) is 13.5. The van der Waals surface area contributed by atoms with Crippen LogP contribution < -0.4 is 5.32 Å². The molecule has 1 N–H and O–H groups in total. The fourth-order valence-corrected chi connectivity index (χ4v) is 3.05. The van der Waals surface area contributed by atoms with Gasteiger partial charge in [-0.15, -0.1) is 0 Å². The molecule has 0 radical (unpaired) electrons. The molecule has 0 aromatic heterocycles. The summed E-state index contributed by atoms with van der Waals surface area (Å²) < 4.78 is 13.5. The van der Waals surface area contributed by atoms with E-state index in [9.17, 15) is 4.39 Å². The number of likely N-dealkylation sites (tertiary alicyclic amines) is 1. The van der Waals surface area contributed by atoms with E-state index < -0.39 is 0 Å². The summed E-state index contributed by atoms with van der Waals surface area (Å²) in [6.07, 6.45) is 3.39. The minimum absolute atomic E-state index is 0.0849. The molecule has 1 fully saturated rings. The molecule has 0 amide bonds. The lowest BCUT2D eigenvalue weighted by Gasteiger charge is -2.33. The van der Waals surface area contributed by atoms with Gasteiger partial charge in [0.1, 0.15) is 5.82 Å². The van der Waals surface area contributed by atoms with E-state index in [-0.39, 0.29) is 11.2 Å². The van der Waals surface area contributed by atoms with Gasteiger partial charge in [0.15, 0.2) is 0 Å². The normalized spacial score (nSPS) is 25.9. The van der Waals surface area contributed by atoms with Crippen LogP contribution >= 0.6 is 0 Å². The number of nitrogens with one attached hydrogen (secondary N) is 1. The van der Waals surface area contributed by atoms with Crippen LogP contribution in [0.15, 0.2) is 24.3 Å². The second-order valence-electron chi connectivity index (χ2n) is 5.48. The van der Waals surface area contributed by atoms with Crippen LogP contribution in [0.1, 0.15) is 24.8 Å². The number of rotatable bonds is 3. The van der Waals surface area contributed by atoms with Gasteiger partial charge >= 0.3 is 0 Å². The van der Waals surface area contributed by atoms with Gasteiger partial charge in [0.25, 0.3) is 0 Å². The molecule has 1 heterocycles. The van der Waals surface area contributed by atoms with Gasteiger partial charge in [0, 0.05) is 12.0 Å². The van der Waals surface area contributed by atoms with Crippen molar-refractivity contribution in [3.05, 3.63) is 35.6 Å². The fourth-order valence-electron chi connectivity index (χ4n) is 3.05. The lowest BCUT2D eigenvalue weighted by atomic mass is 9.74. The highest BCUT2D eigenvalue weighted by Gasteiger charge is 2.33. The molecule has 1 unspecified atom stereocenters. The number of nitrogens with zero attached hydrogens (tertiary/aromatic N) is 1. The lowest BCUT2D eigenvalue weighted by molar-refractivity contribution is 0.321. The molecule has 100 valence electrons. The van der Waals surface area contributed by atoms with Gasteiger partial charge in [-0.3, -0.25) is 0 Å². The fraction of sp³-hybridized carbons (Fsp3) is 0.600. The van der Waals surface area contributed by atoms with Crippen LogP contribution in [0.5, 0.6) is 0 Å². The van der Waals surface area contributed by atoms with Crippen LogP contribution in [0.25, 0.3) is 0 Å². The Morgan fingerprint density at radius 3 is 2.89 bits per heavy atom. The van der Waals surface area contributed by atoms with Crippen LogP contribution in [0.3, 0.4) is 0 Å². The third-order valence-corrected chi connectivity index (χ3v) is 4.12. The molecular weight excluding hydrogens is 227 g/mol. The number of benzene rings is 1. The SMILES string of the molecule is CNCC1(c2cccc(F)c2)CCCN(C)CC1. The molecule has 1 aliphatic rings. The van der Waals surface area contributed by atoms with Gasteiger partial charge in [-0.25, -0.2) is 4.39 Å². The van der Waals surface area contributed by atoms with Crippen LogP contribution in [0.2, 0.25) is 0 Å². The molecule has 1 aromatic rings. The van der Waals surface area contributed by atoms with Gasteiger partial charge in [-0.05, 0) is 64.1 Å². The Kier molecular flexibility index (Phi) is 4.36. The van der Waals surface area contributed by atoms with Crippen molar-refractivity contribution in [2.24, 2.45) is 0 Å². The minimum atomic E-state index is -0.124. The molecule has 2 nitrogen and oxygen atoms in total. The number of likely N-dealkylation sites (N-methyl/N-ethyl adjacent to an activating group) is 1. The summed E-state index contributed by atoms with van der Waals surface area (Å²) in [4.78, 5) is 2.37. The molecule has 1 aliphatic heterocycles. The highest BCUT2D eigenvalue weighted by atomic mass is 19.1. The van der Waals surface area contributed by atoms with E-state index in [1.54, 1.807) is 6.07 Å². The molecule has 18 heavy (non-hydrogen) atoms. The van der Waals surface area contributed by atoms with Crippen LogP contribution in [0.4, 0.5) is 4.39 Å². The summed E-state index contributed by atoms with van der Waals surface area (Å²) in [6, 6.07) is 7.14. The average Bonchev–Trinajstić information content (AvgIpc) is 2.53. The van der Waals surface area contributed by atoms with Crippen LogP contribution in [0, 0.1) is 5.82 Å². The Balaban J connectivity index is 2.30. The largest absolute Gasteiger partial charge is 0.319 e. The molecule has 2 rings (SSSR count). The van der Waals surface area contributed by atoms with Crippen LogP contribution in [-0.2, 0) is 5.41 Å². The monoisotopic (exact) mass is 250 g/mol. The van der Waals surface area contributed by atoms with Crippen molar-refractivity contribution < 1.29 is 4.39 Å². The van der Waals surface area contributed by atoms with Crippen molar-refractivity contribution in [3.8, 4) is 0 Å². The summed E-state index contributed by atoms with van der Waals surface area (Å²) in [5, 5.41) is 3.30. The maximum atomic E-state index is 13.5. The van der Waals surface area contributed by atoms with Crippen molar-refractivity contribution in [2.75, 3.05) is 33.7 Å². The Hall–Kier alpha value is -0.930. The molecule has 0 saturated carbocycles. The van der Waals surface area contributed by atoms with E-state index in [2.05, 4.69) is 23.3 Å². The first-order chi connectivity index (χ1) is 8.66. The summed E-state index contributed by atoms with van der Waals surface area (Å²) in [5.41, 5.74) is 1.23. The van der Waals surface area contributed by atoms with Crippen molar-refractivity contribution in [1.29, 1.82) is 0 Å². The van der Waals surface area contributed by atoms with Crippen molar-refractivity contribution in [1.82, 2.24) is 10.2 Å². The number of halogens is 1. The predicted octanol–water partition coefficient (Wildman–Crippen LogP) is 2.40. The summed E-state index contributed by atoms with van der Waals surface area (Å²) >= 11 is 0. The van der Waals surface area contributed by atoms with E-state index in [1.807, 2.05) is 13.1 Å². The molecule has 1 atom stereocenters. The third-order valence-electron chi connectivity index (χ3n) is 4.12. The number of hydrogen-bond donors (Lipinski definition) is 1. The van der Waals surface area contributed by atoms with Gasteiger partial charge < -0.3 is 10.2 Å². The highest BCUT2D eigenvalue weighted by Crippen LogP contribution is 2.35. The zero-order chi connectivity index (χ0) is 13.0. The lowest BCUT2D eigenvalue weighted by Crippen LogP contribution is -2.37. The zero-order valence-electron chi connectivity index (χ0n) is 11.4. The first-order valence-electron chi connectivity index (χ1n) is 6.75. The Bertz CT molecular complexity index is 394. The highest BCUT2D eigenvalue weighted by molar-refractivity contribution is 5.27. The maximum Gasteiger partial charge on any atom is 0.123 e. The van der Waals surface area contributed by atoms with E-state index in [1.165, 1.54) is 12.5 Å². The molecule has 1 aromatic carbocycles. The Labute approximate surface area is 109 Å². The second-order valence-corrected chi connectivity index (χ2v) is 5.48. The van der Waals surface area contributed by atoms with Crippen molar-refractivity contribution in [2.45, 2.75) is 24.7 Å². The van der Waals surface area contributed by atoms with Crippen molar-refractivity contribution >= 4 is 0 Å². The second kappa shape index (κ2) is 5.81. The maximum absolute atomic E-state index is 13.5. The molecular formula is C15H23FN2. The van der Waals surface area contributed by atoms with Crippen molar-refractivity contribution in [3.63, 3.8) is 0 Å². The molecule has 0 aliphatic carbocycles. The summed E-state index contributed by atoms with van der Waals surface area (Å²) in [6.45, 7) is 3.14. The Morgan fingerprint density at radius 1 is 1.33 bits per heavy atom. The van der Waals surface area contributed by atoms with Crippen LogP contribution in [-0.4, -0.2) is 38.6 Å². The van der Waals surface area contributed by atoms with Gasteiger partial charge in [0.2, 0.25) is 0 Å².